The number of benzene rings is 2. The second-order valence-corrected chi connectivity index (χ2v) is 7.79. The molecule has 1 saturated heterocycles. The average Bonchev–Trinajstić information content (AvgIpc) is 3.03. The highest BCUT2D eigenvalue weighted by Gasteiger charge is 2.36. The second kappa shape index (κ2) is 9.92. The van der Waals surface area contributed by atoms with Crippen molar-refractivity contribution in [1.29, 1.82) is 0 Å². The zero-order valence-corrected chi connectivity index (χ0v) is 18.8. The Labute approximate surface area is 192 Å². The second-order valence-electron chi connectivity index (χ2n) is 6.39. The molecule has 3 amide bonds. The van der Waals surface area contributed by atoms with Crippen LogP contribution in [0.1, 0.15) is 5.56 Å². The van der Waals surface area contributed by atoms with Crippen LogP contribution in [0.3, 0.4) is 0 Å². The number of nitrogens with one attached hydrogen (secondary N) is 1. The van der Waals surface area contributed by atoms with E-state index >= 15 is 0 Å². The van der Waals surface area contributed by atoms with Gasteiger partial charge in [0.15, 0.2) is 11.5 Å². The summed E-state index contributed by atoms with van der Waals surface area (Å²) in [5, 5.41) is 1.70. The molecule has 1 aliphatic rings. The van der Waals surface area contributed by atoms with Gasteiger partial charge in [0.05, 0.1) is 31.3 Å². The number of thioether (sulfide) groups is 1. The number of methoxy groups -OCH3 is 3. The maximum absolute atomic E-state index is 13.3. The lowest BCUT2D eigenvalue weighted by Crippen LogP contribution is -2.36. The first-order valence-electron chi connectivity index (χ1n) is 9.07. The van der Waals surface area contributed by atoms with Gasteiger partial charge in [0.2, 0.25) is 5.91 Å². The van der Waals surface area contributed by atoms with Crippen molar-refractivity contribution in [2.45, 2.75) is 0 Å². The van der Waals surface area contributed by atoms with Crippen LogP contribution in [-0.4, -0.2) is 49.8 Å². The van der Waals surface area contributed by atoms with E-state index in [4.69, 9.17) is 25.8 Å². The Morgan fingerprint density at radius 2 is 1.75 bits per heavy atom. The van der Waals surface area contributed by atoms with Gasteiger partial charge in [-0.2, -0.15) is 0 Å². The number of halogens is 2. The summed E-state index contributed by atoms with van der Waals surface area (Å²) in [6.45, 7) is -0.514. The van der Waals surface area contributed by atoms with Crippen molar-refractivity contribution in [1.82, 2.24) is 4.90 Å². The van der Waals surface area contributed by atoms with E-state index in [9.17, 15) is 18.8 Å². The Balaban J connectivity index is 1.79. The molecular formula is C21H18ClFN2O6S. The molecule has 11 heteroatoms. The van der Waals surface area contributed by atoms with Gasteiger partial charge in [-0.1, -0.05) is 11.6 Å². The van der Waals surface area contributed by atoms with Crippen LogP contribution in [0.2, 0.25) is 5.02 Å². The summed E-state index contributed by atoms with van der Waals surface area (Å²) >= 11 is 6.38. The van der Waals surface area contributed by atoms with E-state index in [1.807, 2.05) is 0 Å². The zero-order chi connectivity index (χ0) is 23.4. The molecule has 0 aromatic heterocycles. The van der Waals surface area contributed by atoms with E-state index in [2.05, 4.69) is 5.32 Å². The lowest BCUT2D eigenvalue weighted by molar-refractivity contribution is -0.127. The molecule has 0 atom stereocenters. The first-order chi connectivity index (χ1) is 15.3. The normalized spacial score (nSPS) is 14.7. The van der Waals surface area contributed by atoms with E-state index in [1.54, 1.807) is 12.1 Å². The Hall–Kier alpha value is -3.24. The molecule has 0 aliphatic carbocycles. The van der Waals surface area contributed by atoms with Crippen molar-refractivity contribution in [2.75, 3.05) is 33.2 Å². The van der Waals surface area contributed by atoms with Crippen LogP contribution in [0.4, 0.5) is 14.9 Å². The molecule has 0 radical (unpaired) electrons. The number of ether oxygens (including phenoxy) is 3. The number of carbonyl (C=O) groups excluding carboxylic acids is 3. The first-order valence-corrected chi connectivity index (χ1v) is 10.3. The molecule has 1 fully saturated rings. The summed E-state index contributed by atoms with van der Waals surface area (Å²) in [5.41, 5.74) is 0.722. The third-order valence-corrected chi connectivity index (χ3v) is 5.60. The minimum absolute atomic E-state index is 0.109. The summed E-state index contributed by atoms with van der Waals surface area (Å²) in [4.78, 5) is 38.3. The van der Waals surface area contributed by atoms with Gasteiger partial charge in [-0.25, -0.2) is 4.39 Å². The summed E-state index contributed by atoms with van der Waals surface area (Å²) in [5.74, 6) is -0.654. The van der Waals surface area contributed by atoms with Crippen LogP contribution >= 0.6 is 23.4 Å². The number of hydrogen-bond acceptors (Lipinski definition) is 7. The highest BCUT2D eigenvalue weighted by molar-refractivity contribution is 8.18. The fourth-order valence-electron chi connectivity index (χ4n) is 2.86. The van der Waals surface area contributed by atoms with Crippen LogP contribution in [0.15, 0.2) is 35.2 Å². The fraction of sp³-hybridized carbons (Fsp3) is 0.190. The summed E-state index contributed by atoms with van der Waals surface area (Å²) < 4.78 is 29.1. The Bertz CT molecular complexity index is 1120. The van der Waals surface area contributed by atoms with Gasteiger partial charge in [-0.15, -0.1) is 0 Å². The Morgan fingerprint density at radius 3 is 2.38 bits per heavy atom. The van der Waals surface area contributed by atoms with Crippen molar-refractivity contribution < 1.29 is 33.0 Å². The molecule has 0 bridgehead atoms. The minimum atomic E-state index is -0.639. The van der Waals surface area contributed by atoms with Gasteiger partial charge in [-0.05, 0) is 42.1 Å². The number of imide groups is 1. The van der Waals surface area contributed by atoms with Gasteiger partial charge in [0.25, 0.3) is 11.1 Å². The monoisotopic (exact) mass is 480 g/mol. The molecule has 32 heavy (non-hydrogen) atoms. The maximum Gasteiger partial charge on any atom is 0.294 e. The molecule has 8 nitrogen and oxygen atoms in total. The third-order valence-electron chi connectivity index (χ3n) is 4.40. The lowest BCUT2D eigenvalue weighted by Gasteiger charge is -2.13. The molecule has 1 aliphatic heterocycles. The summed E-state index contributed by atoms with van der Waals surface area (Å²) in [6, 6.07) is 6.84. The molecular weight excluding hydrogens is 463 g/mol. The number of nitrogens with zero attached hydrogens (tertiary/aromatic N) is 1. The van der Waals surface area contributed by atoms with Gasteiger partial charge in [0.1, 0.15) is 18.1 Å². The third kappa shape index (κ3) is 4.97. The number of hydrogen-bond donors (Lipinski definition) is 1. The highest BCUT2D eigenvalue weighted by atomic mass is 35.5. The van der Waals surface area contributed by atoms with Crippen LogP contribution in [0.25, 0.3) is 6.08 Å². The summed E-state index contributed by atoms with van der Waals surface area (Å²) in [6.07, 6.45) is 1.48. The molecule has 168 valence electrons. The largest absolute Gasteiger partial charge is 0.496 e. The van der Waals surface area contributed by atoms with Gasteiger partial charge < -0.3 is 19.5 Å². The number of rotatable bonds is 7. The van der Waals surface area contributed by atoms with E-state index in [-0.39, 0.29) is 15.6 Å². The molecule has 1 heterocycles. The molecule has 0 spiro atoms. The van der Waals surface area contributed by atoms with E-state index < -0.39 is 29.4 Å². The zero-order valence-electron chi connectivity index (χ0n) is 17.2. The number of carbonyl (C=O) groups is 3. The Kier molecular flexibility index (Phi) is 7.26. The van der Waals surface area contributed by atoms with Crippen molar-refractivity contribution in [3.8, 4) is 17.2 Å². The number of amides is 3. The highest BCUT2D eigenvalue weighted by Crippen LogP contribution is 2.38. The molecule has 2 aromatic carbocycles. The molecule has 0 saturated carbocycles. The topological polar surface area (TPSA) is 94.2 Å². The fourth-order valence-corrected chi connectivity index (χ4v) is 3.87. The lowest BCUT2D eigenvalue weighted by atomic mass is 10.1. The van der Waals surface area contributed by atoms with E-state index in [1.165, 1.54) is 39.5 Å². The smallest absolute Gasteiger partial charge is 0.294 e. The van der Waals surface area contributed by atoms with Crippen molar-refractivity contribution >= 4 is 52.2 Å². The summed E-state index contributed by atoms with van der Waals surface area (Å²) in [7, 11) is 4.40. The quantitative estimate of drug-likeness (QED) is 0.594. The predicted octanol–water partition coefficient (Wildman–Crippen LogP) is 4.18. The van der Waals surface area contributed by atoms with Crippen molar-refractivity contribution in [3.05, 3.63) is 51.6 Å². The van der Waals surface area contributed by atoms with Gasteiger partial charge in [-0.3, -0.25) is 19.3 Å². The Morgan fingerprint density at radius 1 is 1.09 bits per heavy atom. The number of anilines is 1. The maximum atomic E-state index is 13.3. The molecule has 1 N–H and O–H groups in total. The van der Waals surface area contributed by atoms with Gasteiger partial charge in [0, 0.05) is 17.3 Å². The van der Waals surface area contributed by atoms with Crippen molar-refractivity contribution in [3.63, 3.8) is 0 Å². The SMILES string of the molecule is COc1cc(OC)c(OC)cc1/C=C1/SC(=O)N(CC(=O)Nc2ccc(F)c(Cl)c2)C1=O. The molecule has 3 rings (SSSR count). The molecule has 0 unspecified atom stereocenters. The minimum Gasteiger partial charge on any atom is -0.496 e. The van der Waals surface area contributed by atoms with Crippen molar-refractivity contribution in [2.24, 2.45) is 0 Å². The van der Waals surface area contributed by atoms with Crippen LogP contribution in [0.5, 0.6) is 17.2 Å². The molecule has 2 aromatic rings. The van der Waals surface area contributed by atoms with Crippen LogP contribution in [-0.2, 0) is 9.59 Å². The first kappa shape index (κ1) is 23.4. The standard InChI is InChI=1S/C21H18ClFN2O6S/c1-29-15-9-17(31-3)16(30-2)6-11(15)7-18-20(27)25(21(28)32-18)10-19(26)24-12-4-5-14(23)13(22)8-12/h4-9H,10H2,1-3H3,(H,24,26)/b18-7+. The predicted molar refractivity (Wildman–Crippen MR) is 119 cm³/mol. The van der Waals surface area contributed by atoms with E-state index in [0.717, 1.165) is 11.0 Å². The van der Waals surface area contributed by atoms with Crippen LogP contribution < -0.4 is 19.5 Å². The van der Waals surface area contributed by atoms with Gasteiger partial charge >= 0.3 is 0 Å². The van der Waals surface area contributed by atoms with E-state index in [0.29, 0.717) is 34.6 Å². The van der Waals surface area contributed by atoms with Crippen LogP contribution in [0, 0.1) is 5.82 Å². The average molecular weight is 481 g/mol.